The van der Waals surface area contributed by atoms with Crippen molar-refractivity contribution >= 4 is 50.6 Å². The number of hydrogen-bond acceptors (Lipinski definition) is 4. The van der Waals surface area contributed by atoms with Crippen LogP contribution in [0.3, 0.4) is 0 Å². The lowest BCUT2D eigenvalue weighted by Gasteiger charge is -2.27. The second-order valence-corrected chi connectivity index (χ2v) is 13.0. The molecule has 0 saturated carbocycles. The van der Waals surface area contributed by atoms with Crippen LogP contribution in [0.5, 0.6) is 5.75 Å². The van der Waals surface area contributed by atoms with Crippen LogP contribution in [0.15, 0.2) is 137 Å². The third-order valence-corrected chi connectivity index (χ3v) is 11.5. The van der Waals surface area contributed by atoms with Crippen LogP contribution in [-0.4, -0.2) is 17.8 Å². The van der Waals surface area contributed by atoms with Crippen molar-refractivity contribution in [2.24, 2.45) is 0 Å². The molecule has 6 rings (SSSR count). The number of phenolic OH excluding ortho intramolecular Hbond substituents is 1. The molecule has 4 nitrogen and oxygen atoms in total. The van der Waals surface area contributed by atoms with Gasteiger partial charge in [0.2, 0.25) is 0 Å². The van der Waals surface area contributed by atoms with Gasteiger partial charge in [-0.05, 0) is 77.5 Å². The molecular formula is C33H27NO3P+. The fourth-order valence-corrected chi connectivity index (χ4v) is 9.38. The fraction of sp³-hybridized carbons (Fsp3) is 0.0606. The fourth-order valence-electron chi connectivity index (χ4n) is 5.22. The van der Waals surface area contributed by atoms with E-state index in [9.17, 15) is 9.90 Å². The number of benzene rings is 5. The Balaban J connectivity index is 1.38. The maximum atomic E-state index is 12.9. The minimum Gasteiger partial charge on any atom is -0.508 e. The third kappa shape index (κ3) is 4.44. The number of aromatic hydroxyl groups is 1. The van der Waals surface area contributed by atoms with Crippen molar-refractivity contribution < 1.29 is 9.52 Å². The Bertz CT molecular complexity index is 1670. The van der Waals surface area contributed by atoms with Gasteiger partial charge in [-0.1, -0.05) is 60.7 Å². The Hall–Kier alpha value is -4.40. The smallest absolute Gasteiger partial charge is 0.359 e. The van der Waals surface area contributed by atoms with E-state index in [-0.39, 0.29) is 5.75 Å². The van der Waals surface area contributed by atoms with Crippen LogP contribution in [0, 0.1) is 0 Å². The van der Waals surface area contributed by atoms with Gasteiger partial charge in [0.15, 0.2) is 0 Å². The lowest BCUT2D eigenvalue weighted by Crippen LogP contribution is -2.35. The SMILES string of the molecule is O=c1oc2cc3cc(O)ccc3cc2cc1NCC[P+](c1ccccc1)(c1ccccc1)c1ccccc1. The molecule has 0 spiro atoms. The number of hydrogen-bond donors (Lipinski definition) is 2. The van der Waals surface area contributed by atoms with Gasteiger partial charge in [0.05, 0.1) is 6.16 Å². The van der Waals surface area contributed by atoms with Crippen LogP contribution < -0.4 is 26.9 Å². The van der Waals surface area contributed by atoms with Gasteiger partial charge in [-0.25, -0.2) is 4.79 Å². The predicted molar refractivity (Wildman–Crippen MR) is 160 cm³/mol. The standard InChI is InChI=1S/C33H26NO3P/c35-27-17-16-24-20-26-22-31(33(36)37-32(26)23-25(24)21-27)34-18-19-38(28-10-4-1-5-11-28,29-12-6-2-7-13-29)30-14-8-3-9-15-30/h1-17,20-23,34H,18-19H2/p+1. The van der Waals surface area contributed by atoms with Gasteiger partial charge >= 0.3 is 5.63 Å². The van der Waals surface area contributed by atoms with Crippen molar-refractivity contribution in [3.05, 3.63) is 138 Å². The van der Waals surface area contributed by atoms with Gasteiger partial charge in [0.25, 0.3) is 0 Å². The van der Waals surface area contributed by atoms with Gasteiger partial charge in [-0.2, -0.15) is 0 Å². The Morgan fingerprint density at radius 1 is 0.632 bits per heavy atom. The van der Waals surface area contributed by atoms with Gasteiger partial charge in [-0.3, -0.25) is 0 Å². The van der Waals surface area contributed by atoms with E-state index in [0.29, 0.717) is 17.8 Å². The second kappa shape index (κ2) is 10.2. The highest BCUT2D eigenvalue weighted by Crippen LogP contribution is 2.54. The van der Waals surface area contributed by atoms with E-state index in [1.54, 1.807) is 18.2 Å². The van der Waals surface area contributed by atoms with Crippen molar-refractivity contribution in [2.45, 2.75) is 0 Å². The summed E-state index contributed by atoms with van der Waals surface area (Å²) >= 11 is 0. The van der Waals surface area contributed by atoms with Gasteiger partial charge in [0, 0.05) is 11.9 Å². The molecule has 0 saturated heterocycles. The second-order valence-electron chi connectivity index (χ2n) is 9.34. The zero-order valence-electron chi connectivity index (χ0n) is 20.7. The highest BCUT2D eigenvalue weighted by Gasteiger charge is 2.44. The molecule has 186 valence electrons. The zero-order valence-corrected chi connectivity index (χ0v) is 21.6. The molecule has 5 heteroatoms. The summed E-state index contributed by atoms with van der Waals surface area (Å²) in [6.07, 6.45) is 0.833. The molecule has 0 unspecified atom stereocenters. The van der Waals surface area contributed by atoms with E-state index in [2.05, 4.69) is 96.3 Å². The maximum absolute atomic E-state index is 12.9. The molecule has 0 atom stereocenters. The molecule has 0 aliphatic rings. The first-order chi connectivity index (χ1) is 18.6. The van der Waals surface area contributed by atoms with Crippen molar-refractivity contribution in [1.29, 1.82) is 0 Å². The maximum Gasteiger partial charge on any atom is 0.359 e. The van der Waals surface area contributed by atoms with Crippen LogP contribution in [-0.2, 0) is 0 Å². The Labute approximate surface area is 221 Å². The van der Waals surface area contributed by atoms with E-state index in [1.807, 2.05) is 18.2 Å². The molecule has 2 N–H and O–H groups in total. The van der Waals surface area contributed by atoms with Crippen molar-refractivity contribution in [1.82, 2.24) is 0 Å². The van der Waals surface area contributed by atoms with Crippen molar-refractivity contribution in [2.75, 3.05) is 18.0 Å². The first-order valence-corrected chi connectivity index (χ1v) is 14.6. The normalized spacial score (nSPS) is 11.6. The monoisotopic (exact) mass is 516 g/mol. The van der Waals surface area contributed by atoms with Gasteiger partial charge in [-0.15, -0.1) is 0 Å². The minimum absolute atomic E-state index is 0.180. The Morgan fingerprint density at radius 2 is 1.21 bits per heavy atom. The first kappa shape index (κ1) is 24.0. The van der Waals surface area contributed by atoms with Crippen LogP contribution in [0.2, 0.25) is 0 Å². The van der Waals surface area contributed by atoms with Crippen LogP contribution in [0.4, 0.5) is 5.69 Å². The van der Waals surface area contributed by atoms with Gasteiger partial charge in [0.1, 0.15) is 40.2 Å². The summed E-state index contributed by atoms with van der Waals surface area (Å²) in [4.78, 5) is 12.9. The summed E-state index contributed by atoms with van der Waals surface area (Å²) in [5.74, 6) is 0.180. The molecule has 38 heavy (non-hydrogen) atoms. The average Bonchev–Trinajstić information content (AvgIpc) is 2.96. The highest BCUT2D eigenvalue weighted by molar-refractivity contribution is 7.95. The number of fused-ring (bicyclic) bond motifs is 2. The largest absolute Gasteiger partial charge is 0.508 e. The molecule has 5 aromatic carbocycles. The van der Waals surface area contributed by atoms with E-state index in [0.717, 1.165) is 22.3 Å². The molecule has 1 heterocycles. The topological polar surface area (TPSA) is 62.5 Å². The predicted octanol–water partition coefficient (Wildman–Crippen LogP) is 6.06. The summed E-state index contributed by atoms with van der Waals surface area (Å²) in [6, 6.07) is 42.9. The highest BCUT2D eigenvalue weighted by atomic mass is 31.2. The molecule has 0 radical (unpaired) electrons. The van der Waals surface area contributed by atoms with E-state index in [1.165, 1.54) is 15.9 Å². The molecule has 0 aliphatic heterocycles. The molecule has 0 aliphatic carbocycles. The summed E-state index contributed by atoms with van der Waals surface area (Å²) in [5.41, 5.74) is 0.543. The number of anilines is 1. The third-order valence-electron chi connectivity index (χ3n) is 7.03. The van der Waals surface area contributed by atoms with Crippen molar-refractivity contribution in [3.63, 3.8) is 0 Å². The molecule has 0 amide bonds. The molecule has 1 aromatic heterocycles. The quantitative estimate of drug-likeness (QED) is 0.154. The number of rotatable bonds is 7. The lowest BCUT2D eigenvalue weighted by atomic mass is 10.1. The molecular weight excluding hydrogens is 489 g/mol. The summed E-state index contributed by atoms with van der Waals surface area (Å²) in [5, 5.41) is 19.8. The van der Waals surface area contributed by atoms with Crippen molar-refractivity contribution in [3.8, 4) is 5.75 Å². The van der Waals surface area contributed by atoms with Crippen LogP contribution in [0.25, 0.3) is 21.7 Å². The zero-order chi connectivity index (χ0) is 26.0. The summed E-state index contributed by atoms with van der Waals surface area (Å²) < 4.78 is 5.69. The Kier molecular flexibility index (Phi) is 6.41. The Morgan fingerprint density at radius 3 is 1.79 bits per heavy atom. The van der Waals surface area contributed by atoms with E-state index in [4.69, 9.17) is 4.42 Å². The minimum atomic E-state index is -2.01. The average molecular weight is 517 g/mol. The number of phenols is 1. The first-order valence-electron chi connectivity index (χ1n) is 12.6. The lowest BCUT2D eigenvalue weighted by molar-refractivity contribution is 0.476. The summed E-state index contributed by atoms with van der Waals surface area (Å²) in [6.45, 7) is 0.601. The summed E-state index contributed by atoms with van der Waals surface area (Å²) in [7, 11) is -2.01. The van der Waals surface area contributed by atoms with Crippen LogP contribution in [0.1, 0.15) is 0 Å². The van der Waals surface area contributed by atoms with E-state index < -0.39 is 12.9 Å². The molecule has 0 bridgehead atoms. The van der Waals surface area contributed by atoms with E-state index >= 15 is 0 Å². The number of nitrogens with one attached hydrogen (secondary N) is 1. The molecule has 6 aromatic rings. The van der Waals surface area contributed by atoms with Crippen LogP contribution >= 0.6 is 7.26 Å². The molecule has 0 fully saturated rings. The van der Waals surface area contributed by atoms with Gasteiger partial charge < -0.3 is 14.8 Å².